The second kappa shape index (κ2) is 5.92. The smallest absolute Gasteiger partial charge is 0.337 e. The highest BCUT2D eigenvalue weighted by molar-refractivity contribution is 5.90. The minimum Gasteiger partial charge on any atom is -0.487 e. The number of fused-ring (bicyclic) bond motifs is 1. The molecule has 2 rings (SSSR count). The average Bonchev–Trinajstić information content (AvgIpc) is 2.43. The topological polar surface area (TPSA) is 35.5 Å². The summed E-state index contributed by atoms with van der Waals surface area (Å²) in [5.74, 6) is 0.650. The molecule has 1 aliphatic heterocycles. The van der Waals surface area contributed by atoms with E-state index in [0.29, 0.717) is 5.56 Å². The van der Waals surface area contributed by atoms with Crippen LogP contribution in [-0.4, -0.2) is 18.7 Å². The summed E-state index contributed by atoms with van der Waals surface area (Å²) < 4.78 is 11.0. The zero-order chi connectivity index (χ0) is 15.6. The van der Waals surface area contributed by atoms with Crippen molar-refractivity contribution in [1.82, 2.24) is 0 Å². The number of allylic oxidation sites excluding steroid dienone is 2. The lowest BCUT2D eigenvalue weighted by Crippen LogP contribution is -2.33. The molecular weight excluding hydrogens is 264 g/mol. The maximum absolute atomic E-state index is 11.8. The first-order valence-electron chi connectivity index (χ1n) is 7.39. The lowest BCUT2D eigenvalue weighted by molar-refractivity contribution is 0.0599. The van der Waals surface area contributed by atoms with Crippen molar-refractivity contribution in [2.75, 3.05) is 7.11 Å². The summed E-state index contributed by atoms with van der Waals surface area (Å²) in [5.41, 5.74) is 3.87. The number of methoxy groups -OCH3 is 1. The van der Waals surface area contributed by atoms with E-state index < -0.39 is 0 Å². The fourth-order valence-electron chi connectivity index (χ4n) is 2.54. The van der Waals surface area contributed by atoms with Gasteiger partial charge in [-0.25, -0.2) is 4.79 Å². The van der Waals surface area contributed by atoms with Crippen LogP contribution in [0.3, 0.4) is 0 Å². The van der Waals surface area contributed by atoms with E-state index >= 15 is 0 Å². The molecule has 0 fully saturated rings. The minimum absolute atomic E-state index is 0.153. The number of carbonyl (C=O) groups excluding carboxylic acids is 1. The van der Waals surface area contributed by atoms with Crippen molar-refractivity contribution >= 4 is 5.97 Å². The van der Waals surface area contributed by atoms with Gasteiger partial charge in [0.1, 0.15) is 11.4 Å². The molecule has 0 aromatic heterocycles. The molecule has 0 amide bonds. The first-order chi connectivity index (χ1) is 9.82. The molecule has 1 aromatic carbocycles. The highest BCUT2D eigenvalue weighted by Gasteiger charge is 2.29. The molecule has 21 heavy (non-hydrogen) atoms. The number of hydrogen-bond acceptors (Lipinski definition) is 3. The van der Waals surface area contributed by atoms with Crippen LogP contribution in [0.25, 0.3) is 0 Å². The summed E-state index contributed by atoms with van der Waals surface area (Å²) in [6.07, 6.45) is 4.80. The van der Waals surface area contributed by atoms with Crippen LogP contribution in [-0.2, 0) is 17.6 Å². The molecule has 3 nitrogen and oxygen atoms in total. The number of esters is 1. The molecule has 0 saturated carbocycles. The van der Waals surface area contributed by atoms with Gasteiger partial charge in [0.05, 0.1) is 12.7 Å². The Morgan fingerprint density at radius 3 is 2.71 bits per heavy atom. The Kier molecular flexibility index (Phi) is 4.40. The Morgan fingerprint density at radius 2 is 2.10 bits per heavy atom. The summed E-state index contributed by atoms with van der Waals surface area (Å²) in [5, 5.41) is 0. The molecule has 0 saturated heterocycles. The van der Waals surface area contributed by atoms with E-state index in [1.807, 2.05) is 12.1 Å². The van der Waals surface area contributed by atoms with Crippen LogP contribution in [0, 0.1) is 0 Å². The number of carbonyl (C=O) groups is 1. The van der Waals surface area contributed by atoms with Crippen LogP contribution < -0.4 is 4.74 Å². The Labute approximate surface area is 127 Å². The average molecular weight is 288 g/mol. The summed E-state index contributed by atoms with van der Waals surface area (Å²) in [7, 11) is 1.41. The van der Waals surface area contributed by atoms with Gasteiger partial charge >= 0.3 is 5.97 Å². The van der Waals surface area contributed by atoms with Crippen LogP contribution >= 0.6 is 0 Å². The summed E-state index contributed by atoms with van der Waals surface area (Å²) in [4.78, 5) is 11.8. The molecule has 114 valence electrons. The van der Waals surface area contributed by atoms with Crippen molar-refractivity contribution in [1.29, 1.82) is 0 Å². The molecule has 3 heteroatoms. The largest absolute Gasteiger partial charge is 0.487 e. The predicted octanol–water partition coefficient (Wildman–Crippen LogP) is 4.09. The van der Waals surface area contributed by atoms with Crippen molar-refractivity contribution in [2.24, 2.45) is 0 Å². The van der Waals surface area contributed by atoms with E-state index in [-0.39, 0.29) is 11.6 Å². The zero-order valence-electron chi connectivity index (χ0n) is 13.6. The number of benzene rings is 1. The molecule has 0 spiro atoms. The predicted molar refractivity (Wildman–Crippen MR) is 83.9 cm³/mol. The van der Waals surface area contributed by atoms with Crippen LogP contribution in [0.15, 0.2) is 23.8 Å². The van der Waals surface area contributed by atoms with Gasteiger partial charge in [-0.2, -0.15) is 0 Å². The fraction of sp³-hybridized carbons (Fsp3) is 0.500. The second-order valence-corrected chi connectivity index (χ2v) is 6.46. The first kappa shape index (κ1) is 15.6. The molecule has 1 aromatic rings. The molecule has 0 N–H and O–H groups in total. The Hall–Kier alpha value is -1.77. The third-order valence-corrected chi connectivity index (χ3v) is 3.77. The van der Waals surface area contributed by atoms with Gasteiger partial charge in [-0.3, -0.25) is 0 Å². The van der Waals surface area contributed by atoms with Crippen LogP contribution in [0.1, 0.15) is 55.6 Å². The van der Waals surface area contributed by atoms with Gasteiger partial charge in [-0.05, 0) is 70.2 Å². The Bertz CT molecular complexity index is 578. The maximum atomic E-state index is 11.8. The maximum Gasteiger partial charge on any atom is 0.337 e. The van der Waals surface area contributed by atoms with Crippen molar-refractivity contribution in [3.8, 4) is 5.75 Å². The standard InChI is InChI=1S/C18H24O3/c1-12(2)6-7-13-10-15(17(19)20-5)11-14-8-9-18(3,4)21-16(13)14/h6,10-11H,7-9H2,1-5H3. The van der Waals surface area contributed by atoms with E-state index in [2.05, 4.69) is 33.8 Å². The van der Waals surface area contributed by atoms with E-state index in [9.17, 15) is 4.79 Å². The number of aryl methyl sites for hydroxylation is 1. The third-order valence-electron chi connectivity index (χ3n) is 3.77. The molecule has 0 unspecified atom stereocenters. The SMILES string of the molecule is COC(=O)c1cc(CC=C(C)C)c2c(c1)CCC(C)(C)O2. The zero-order valence-corrected chi connectivity index (χ0v) is 13.6. The van der Waals surface area contributed by atoms with Crippen molar-refractivity contribution in [3.63, 3.8) is 0 Å². The molecule has 0 atom stereocenters. The lowest BCUT2D eigenvalue weighted by atomic mass is 9.90. The van der Waals surface area contributed by atoms with E-state index in [1.165, 1.54) is 12.7 Å². The summed E-state index contributed by atoms with van der Waals surface area (Å²) in [6, 6.07) is 3.80. The molecule has 0 aliphatic carbocycles. The van der Waals surface area contributed by atoms with E-state index in [4.69, 9.17) is 9.47 Å². The highest BCUT2D eigenvalue weighted by Crippen LogP contribution is 2.37. The van der Waals surface area contributed by atoms with Gasteiger partial charge in [-0.1, -0.05) is 11.6 Å². The summed E-state index contributed by atoms with van der Waals surface area (Å²) >= 11 is 0. The number of ether oxygens (including phenoxy) is 2. The quantitative estimate of drug-likeness (QED) is 0.621. The Morgan fingerprint density at radius 1 is 1.38 bits per heavy atom. The monoisotopic (exact) mass is 288 g/mol. The normalized spacial score (nSPS) is 15.7. The van der Waals surface area contributed by atoms with Crippen LogP contribution in [0.5, 0.6) is 5.75 Å². The van der Waals surface area contributed by atoms with Gasteiger partial charge in [0, 0.05) is 0 Å². The van der Waals surface area contributed by atoms with Crippen LogP contribution in [0.4, 0.5) is 0 Å². The first-order valence-corrected chi connectivity index (χ1v) is 7.39. The molecule has 1 heterocycles. The lowest BCUT2D eigenvalue weighted by Gasteiger charge is -2.34. The van der Waals surface area contributed by atoms with Crippen molar-refractivity contribution in [2.45, 2.75) is 52.6 Å². The third kappa shape index (κ3) is 3.66. The minimum atomic E-state index is -0.291. The summed E-state index contributed by atoms with van der Waals surface area (Å²) in [6.45, 7) is 8.35. The van der Waals surface area contributed by atoms with Gasteiger partial charge < -0.3 is 9.47 Å². The van der Waals surface area contributed by atoms with Crippen molar-refractivity contribution < 1.29 is 14.3 Å². The molecule has 0 bridgehead atoms. The second-order valence-electron chi connectivity index (χ2n) is 6.46. The number of hydrogen-bond donors (Lipinski definition) is 0. The van der Waals surface area contributed by atoms with Gasteiger partial charge in [0.25, 0.3) is 0 Å². The molecule has 0 radical (unpaired) electrons. The Balaban J connectivity index is 2.48. The van der Waals surface area contributed by atoms with Crippen LogP contribution in [0.2, 0.25) is 0 Å². The number of rotatable bonds is 3. The van der Waals surface area contributed by atoms with Gasteiger partial charge in [0.2, 0.25) is 0 Å². The van der Waals surface area contributed by atoms with Gasteiger partial charge in [-0.15, -0.1) is 0 Å². The van der Waals surface area contributed by atoms with E-state index in [0.717, 1.165) is 36.1 Å². The van der Waals surface area contributed by atoms with Crippen molar-refractivity contribution in [3.05, 3.63) is 40.5 Å². The highest BCUT2D eigenvalue weighted by atomic mass is 16.5. The van der Waals surface area contributed by atoms with Gasteiger partial charge in [0.15, 0.2) is 0 Å². The molecule has 1 aliphatic rings. The fourth-order valence-corrected chi connectivity index (χ4v) is 2.54. The van der Waals surface area contributed by atoms with E-state index in [1.54, 1.807) is 0 Å². The molecular formula is C18H24O3.